The highest BCUT2D eigenvalue weighted by atomic mass is 32.2. The van der Waals surface area contributed by atoms with Crippen LogP contribution in [0.4, 0.5) is 0 Å². The summed E-state index contributed by atoms with van der Waals surface area (Å²) in [5, 5.41) is 12.3. The third kappa shape index (κ3) is 3.58. The van der Waals surface area contributed by atoms with Gasteiger partial charge in [0.1, 0.15) is 6.04 Å². The number of carboxylic acid groups (broad SMARTS) is 1. The Bertz CT molecular complexity index is 548. The molecule has 21 heavy (non-hydrogen) atoms. The molecule has 1 amide bonds. The summed E-state index contributed by atoms with van der Waals surface area (Å²) in [5.74, 6) is -0.962. The number of nitrogens with zero attached hydrogens (tertiary/aromatic N) is 2. The van der Waals surface area contributed by atoms with E-state index in [2.05, 4.69) is 31.1 Å². The van der Waals surface area contributed by atoms with Crippen molar-refractivity contribution in [2.24, 2.45) is 0 Å². The van der Waals surface area contributed by atoms with Gasteiger partial charge in [0.15, 0.2) is 5.16 Å². The van der Waals surface area contributed by atoms with Crippen molar-refractivity contribution in [3.05, 3.63) is 11.9 Å². The first-order valence-electron chi connectivity index (χ1n) is 7.00. The third-order valence-electron chi connectivity index (χ3n) is 3.42. The molecule has 2 rings (SSSR count). The maximum atomic E-state index is 12.2. The molecule has 1 aliphatic rings. The lowest BCUT2D eigenvalue weighted by Crippen LogP contribution is -2.39. The van der Waals surface area contributed by atoms with Gasteiger partial charge in [-0.3, -0.25) is 9.59 Å². The second kappa shape index (κ2) is 6.09. The van der Waals surface area contributed by atoms with Gasteiger partial charge in [-0.15, -0.1) is 0 Å². The quantitative estimate of drug-likeness (QED) is 0.829. The van der Waals surface area contributed by atoms with Crippen LogP contribution in [-0.2, 0) is 15.0 Å². The van der Waals surface area contributed by atoms with Crippen LogP contribution < -0.4 is 5.32 Å². The summed E-state index contributed by atoms with van der Waals surface area (Å²) < 4.78 is 1.92. The number of hydrogen-bond donors (Lipinski definition) is 2. The summed E-state index contributed by atoms with van der Waals surface area (Å²) in [6, 6.07) is -0.299. The van der Waals surface area contributed by atoms with Gasteiger partial charge < -0.3 is 15.0 Å². The van der Waals surface area contributed by atoms with E-state index in [1.807, 2.05) is 4.57 Å². The average Bonchev–Trinajstić information content (AvgIpc) is 2.80. The molecule has 2 heterocycles. The standard InChI is InChI=1S/C14H21N3O3S/c1-14(2,3)10-7-16-13(21-8-11(18)19)17(10)9-5-4-6-15-12(9)20/h7,9H,4-6,8H2,1-3H3,(H,15,20)(H,18,19). The maximum Gasteiger partial charge on any atom is 0.313 e. The lowest BCUT2D eigenvalue weighted by atomic mass is 9.91. The van der Waals surface area contributed by atoms with Crippen LogP contribution in [0.25, 0.3) is 0 Å². The summed E-state index contributed by atoms with van der Waals surface area (Å²) in [4.78, 5) is 27.3. The lowest BCUT2D eigenvalue weighted by Gasteiger charge is -2.29. The molecule has 0 aliphatic carbocycles. The predicted molar refractivity (Wildman–Crippen MR) is 80.6 cm³/mol. The molecule has 7 heteroatoms. The Labute approximate surface area is 128 Å². The van der Waals surface area contributed by atoms with Gasteiger partial charge in [-0.25, -0.2) is 4.98 Å². The molecule has 1 aromatic rings. The van der Waals surface area contributed by atoms with Crippen LogP contribution in [-0.4, -0.2) is 38.8 Å². The number of aliphatic carboxylic acids is 1. The number of piperidine rings is 1. The first-order chi connectivity index (χ1) is 9.80. The van der Waals surface area contributed by atoms with Gasteiger partial charge in [0, 0.05) is 23.9 Å². The molecule has 116 valence electrons. The Morgan fingerprint density at radius 2 is 2.29 bits per heavy atom. The van der Waals surface area contributed by atoms with Crippen molar-refractivity contribution in [1.29, 1.82) is 0 Å². The Morgan fingerprint density at radius 1 is 1.57 bits per heavy atom. The zero-order valence-corrected chi connectivity index (χ0v) is 13.4. The summed E-state index contributed by atoms with van der Waals surface area (Å²) in [7, 11) is 0. The van der Waals surface area contributed by atoms with E-state index in [-0.39, 0.29) is 23.1 Å². The number of carbonyl (C=O) groups is 2. The van der Waals surface area contributed by atoms with E-state index in [1.54, 1.807) is 6.20 Å². The minimum atomic E-state index is -0.889. The SMILES string of the molecule is CC(C)(C)c1cnc(SCC(=O)O)n1C1CCCNC1=O. The Hall–Kier alpha value is -1.50. The number of hydrogen-bond acceptors (Lipinski definition) is 4. The van der Waals surface area contributed by atoms with Crippen LogP contribution in [0.2, 0.25) is 0 Å². The molecule has 0 bridgehead atoms. The van der Waals surface area contributed by atoms with Crippen molar-refractivity contribution in [3.8, 4) is 0 Å². The van der Waals surface area contributed by atoms with Gasteiger partial charge in [0.25, 0.3) is 0 Å². The molecule has 0 spiro atoms. The number of amides is 1. The lowest BCUT2D eigenvalue weighted by molar-refractivity contribution is -0.134. The van der Waals surface area contributed by atoms with Crippen LogP contribution in [0.3, 0.4) is 0 Å². The van der Waals surface area contributed by atoms with Crippen molar-refractivity contribution in [1.82, 2.24) is 14.9 Å². The molecular formula is C14H21N3O3S. The molecule has 0 aromatic carbocycles. The van der Waals surface area contributed by atoms with Crippen LogP contribution in [0.1, 0.15) is 45.3 Å². The zero-order chi connectivity index (χ0) is 15.6. The van der Waals surface area contributed by atoms with Crippen molar-refractivity contribution >= 4 is 23.6 Å². The second-order valence-corrected chi connectivity index (χ2v) is 7.12. The number of nitrogens with one attached hydrogen (secondary N) is 1. The van der Waals surface area contributed by atoms with Crippen LogP contribution in [0.5, 0.6) is 0 Å². The molecule has 1 atom stereocenters. The largest absolute Gasteiger partial charge is 0.481 e. The third-order valence-corrected chi connectivity index (χ3v) is 4.38. The maximum absolute atomic E-state index is 12.2. The van der Waals surface area contributed by atoms with Gasteiger partial charge in [-0.2, -0.15) is 0 Å². The minimum absolute atomic E-state index is 0.0121. The summed E-state index contributed by atoms with van der Waals surface area (Å²) in [5.41, 5.74) is 0.796. The number of carboxylic acids is 1. The van der Waals surface area contributed by atoms with Gasteiger partial charge in [-0.1, -0.05) is 32.5 Å². The number of thioether (sulfide) groups is 1. The molecule has 1 fully saturated rings. The topological polar surface area (TPSA) is 84.2 Å². The molecule has 0 saturated carbocycles. The number of carbonyl (C=O) groups excluding carboxylic acids is 1. The fourth-order valence-electron chi connectivity index (χ4n) is 2.44. The van der Waals surface area contributed by atoms with Crippen molar-refractivity contribution < 1.29 is 14.7 Å². The summed E-state index contributed by atoms with van der Waals surface area (Å²) in [6.07, 6.45) is 3.43. The van der Waals surface area contributed by atoms with Gasteiger partial charge in [-0.05, 0) is 12.8 Å². The van der Waals surface area contributed by atoms with Crippen LogP contribution >= 0.6 is 11.8 Å². The zero-order valence-electron chi connectivity index (χ0n) is 12.5. The second-order valence-electron chi connectivity index (χ2n) is 6.18. The average molecular weight is 311 g/mol. The minimum Gasteiger partial charge on any atom is -0.481 e. The summed E-state index contributed by atoms with van der Waals surface area (Å²) in [6.45, 7) is 6.89. The highest BCUT2D eigenvalue weighted by Gasteiger charge is 2.31. The Balaban J connectivity index is 2.40. The van der Waals surface area contributed by atoms with E-state index < -0.39 is 5.97 Å². The van der Waals surface area contributed by atoms with E-state index in [4.69, 9.17) is 5.11 Å². The first-order valence-corrected chi connectivity index (χ1v) is 7.99. The fourth-order valence-corrected chi connectivity index (χ4v) is 3.18. The fraction of sp³-hybridized carbons (Fsp3) is 0.643. The van der Waals surface area contributed by atoms with Crippen LogP contribution in [0, 0.1) is 0 Å². The monoisotopic (exact) mass is 311 g/mol. The normalized spacial score (nSPS) is 19.4. The van der Waals surface area contributed by atoms with Gasteiger partial charge in [0.05, 0.1) is 5.75 Å². The van der Waals surface area contributed by atoms with Crippen molar-refractivity contribution in [2.45, 2.75) is 50.2 Å². The number of imidazole rings is 1. The molecule has 0 radical (unpaired) electrons. The number of rotatable bonds is 4. The van der Waals surface area contributed by atoms with E-state index >= 15 is 0 Å². The van der Waals surface area contributed by atoms with Crippen LogP contribution in [0.15, 0.2) is 11.4 Å². The Morgan fingerprint density at radius 3 is 2.86 bits per heavy atom. The van der Waals surface area contributed by atoms with Gasteiger partial charge >= 0.3 is 5.97 Å². The highest BCUT2D eigenvalue weighted by Crippen LogP contribution is 2.33. The highest BCUT2D eigenvalue weighted by molar-refractivity contribution is 7.99. The molecule has 2 N–H and O–H groups in total. The number of aromatic nitrogens is 2. The smallest absolute Gasteiger partial charge is 0.313 e. The molecular weight excluding hydrogens is 290 g/mol. The Kier molecular flexibility index (Phi) is 4.61. The molecule has 1 saturated heterocycles. The van der Waals surface area contributed by atoms with E-state index in [0.717, 1.165) is 30.3 Å². The summed E-state index contributed by atoms with van der Waals surface area (Å²) >= 11 is 1.16. The molecule has 6 nitrogen and oxygen atoms in total. The van der Waals surface area contributed by atoms with Gasteiger partial charge in [0.2, 0.25) is 5.91 Å². The first kappa shape index (κ1) is 15.9. The molecule has 1 aromatic heterocycles. The van der Waals surface area contributed by atoms with E-state index in [9.17, 15) is 9.59 Å². The predicted octanol–water partition coefficient (Wildman–Crippen LogP) is 1.81. The van der Waals surface area contributed by atoms with E-state index in [1.165, 1.54) is 0 Å². The van der Waals surface area contributed by atoms with Crippen molar-refractivity contribution in [2.75, 3.05) is 12.3 Å². The van der Waals surface area contributed by atoms with E-state index in [0.29, 0.717) is 11.7 Å². The molecule has 1 unspecified atom stereocenters. The van der Waals surface area contributed by atoms with Crippen molar-refractivity contribution in [3.63, 3.8) is 0 Å². The molecule has 1 aliphatic heterocycles.